The number of thioether (sulfide) groups is 1. The molecule has 12 nitrogen and oxygen atoms in total. The molecule has 42 heavy (non-hydrogen) atoms. The molecule has 13 heteroatoms. The molecule has 0 spiro atoms. The Hall–Kier alpha value is -3.74. The van der Waals surface area contributed by atoms with E-state index in [9.17, 15) is 14.4 Å². The maximum Gasteiger partial charge on any atom is 0.427 e. The highest BCUT2D eigenvalue weighted by atomic mass is 32.2. The SMILES string of the molecule is COc1c(C)cnc(Cn2nc3c4c(nc(OC(=O)N(C(=O)OC(C)(C)C)C(C)(C)C)nc42)SCC(=O)C3(C)C)c1C. The summed E-state index contributed by atoms with van der Waals surface area (Å²) in [6.07, 6.45) is -0.125. The predicted octanol–water partition coefficient (Wildman–Crippen LogP) is 5.38. The van der Waals surface area contributed by atoms with E-state index >= 15 is 0 Å². The average Bonchev–Trinajstić information content (AvgIpc) is 3.17. The van der Waals surface area contributed by atoms with Gasteiger partial charge in [-0.15, -0.1) is 0 Å². The Morgan fingerprint density at radius 3 is 2.36 bits per heavy atom. The summed E-state index contributed by atoms with van der Waals surface area (Å²) in [6.45, 7) is 17.9. The Morgan fingerprint density at radius 2 is 1.76 bits per heavy atom. The maximum atomic E-state index is 13.4. The lowest BCUT2D eigenvalue weighted by Crippen LogP contribution is -2.52. The second kappa shape index (κ2) is 10.8. The van der Waals surface area contributed by atoms with E-state index in [0.717, 1.165) is 21.8 Å². The molecule has 1 aliphatic heterocycles. The van der Waals surface area contributed by atoms with Crippen LogP contribution in [0.25, 0.3) is 11.0 Å². The maximum absolute atomic E-state index is 13.4. The van der Waals surface area contributed by atoms with Crippen LogP contribution in [0.3, 0.4) is 0 Å². The van der Waals surface area contributed by atoms with Crippen molar-refractivity contribution in [2.24, 2.45) is 0 Å². The van der Waals surface area contributed by atoms with Gasteiger partial charge in [0.2, 0.25) is 0 Å². The standard InChI is InChI=1S/C29H38N6O6S/c1-15-12-30-17(16(2)20(15)39-11)13-34-22-19-21(33-34)29(9,10)18(36)14-42-23(19)32-24(31-22)40-25(37)35(27(3,4)5)26(38)41-28(6,7)8/h12H,13-14H2,1-11H3. The smallest absolute Gasteiger partial charge is 0.427 e. The highest BCUT2D eigenvalue weighted by Crippen LogP contribution is 2.40. The van der Waals surface area contributed by atoms with Crippen LogP contribution in [-0.2, 0) is 21.5 Å². The minimum atomic E-state index is -0.995. The lowest BCUT2D eigenvalue weighted by molar-refractivity contribution is -0.121. The van der Waals surface area contributed by atoms with E-state index in [1.165, 1.54) is 11.8 Å². The Kier molecular flexibility index (Phi) is 8.04. The lowest BCUT2D eigenvalue weighted by atomic mass is 9.84. The molecule has 3 aromatic rings. The molecule has 2 amide bonds. The van der Waals surface area contributed by atoms with E-state index in [1.807, 2.05) is 27.7 Å². The molecular weight excluding hydrogens is 560 g/mol. The molecule has 0 radical (unpaired) electrons. The van der Waals surface area contributed by atoms with Gasteiger partial charge in [0.1, 0.15) is 16.4 Å². The van der Waals surface area contributed by atoms with Gasteiger partial charge < -0.3 is 14.2 Å². The van der Waals surface area contributed by atoms with Crippen LogP contribution < -0.4 is 9.47 Å². The Balaban J connectivity index is 1.84. The quantitative estimate of drug-likeness (QED) is 0.358. The fourth-order valence-corrected chi connectivity index (χ4v) is 5.70. The van der Waals surface area contributed by atoms with Gasteiger partial charge in [-0.2, -0.15) is 15.1 Å². The Morgan fingerprint density at radius 1 is 1.10 bits per heavy atom. The summed E-state index contributed by atoms with van der Waals surface area (Å²) in [5, 5.41) is 5.89. The number of carbonyl (C=O) groups excluding carboxylic acids is 3. The van der Waals surface area contributed by atoms with Gasteiger partial charge in [-0.1, -0.05) is 11.8 Å². The number of ether oxygens (including phenoxy) is 3. The van der Waals surface area contributed by atoms with E-state index < -0.39 is 28.7 Å². The summed E-state index contributed by atoms with van der Waals surface area (Å²) in [7, 11) is 1.61. The van der Waals surface area contributed by atoms with Crippen LogP contribution in [0.15, 0.2) is 11.2 Å². The molecular formula is C29H38N6O6S. The van der Waals surface area contributed by atoms with Crippen LogP contribution in [0.4, 0.5) is 9.59 Å². The minimum absolute atomic E-state index is 0.0225. The number of amides is 2. The zero-order valence-electron chi connectivity index (χ0n) is 26.0. The van der Waals surface area contributed by atoms with Crippen LogP contribution >= 0.6 is 11.8 Å². The molecule has 0 unspecified atom stereocenters. The molecule has 0 aliphatic carbocycles. The molecule has 0 saturated carbocycles. The van der Waals surface area contributed by atoms with Gasteiger partial charge in [0.15, 0.2) is 11.4 Å². The molecule has 0 atom stereocenters. The monoisotopic (exact) mass is 598 g/mol. The first-order valence-corrected chi connectivity index (χ1v) is 14.5. The number of aryl methyl sites for hydroxylation is 1. The van der Waals surface area contributed by atoms with Crippen molar-refractivity contribution in [3.05, 3.63) is 28.7 Å². The zero-order chi connectivity index (χ0) is 31.4. The van der Waals surface area contributed by atoms with Gasteiger partial charge in [0.25, 0.3) is 0 Å². The number of imide groups is 1. The van der Waals surface area contributed by atoms with Crippen LogP contribution in [0, 0.1) is 13.8 Å². The molecule has 0 saturated heterocycles. The molecule has 0 fully saturated rings. The molecule has 4 heterocycles. The zero-order valence-corrected chi connectivity index (χ0v) is 26.8. The van der Waals surface area contributed by atoms with Crippen LogP contribution in [-0.4, -0.2) is 71.6 Å². The molecule has 226 valence electrons. The third-order valence-electron chi connectivity index (χ3n) is 6.82. The van der Waals surface area contributed by atoms with Gasteiger partial charge >= 0.3 is 18.2 Å². The first-order valence-electron chi connectivity index (χ1n) is 13.5. The van der Waals surface area contributed by atoms with E-state index in [4.69, 9.17) is 19.3 Å². The average molecular weight is 599 g/mol. The number of aromatic nitrogens is 5. The number of Topliss-reactive ketones (excluding diaryl/α,β-unsaturated/α-hetero) is 1. The fraction of sp³-hybridized carbons (Fsp3) is 0.552. The van der Waals surface area contributed by atoms with Gasteiger partial charge in [0, 0.05) is 22.9 Å². The number of hydrogen-bond donors (Lipinski definition) is 0. The van der Waals surface area contributed by atoms with E-state index in [-0.39, 0.29) is 24.1 Å². The number of methoxy groups -OCH3 is 1. The van der Waals surface area contributed by atoms with Gasteiger partial charge in [0.05, 0.1) is 41.6 Å². The summed E-state index contributed by atoms with van der Waals surface area (Å²) >= 11 is 1.23. The predicted molar refractivity (Wildman–Crippen MR) is 157 cm³/mol. The molecule has 0 aromatic carbocycles. The number of nitrogens with zero attached hydrogens (tertiary/aromatic N) is 6. The van der Waals surface area contributed by atoms with Crippen molar-refractivity contribution >= 4 is 40.8 Å². The van der Waals surface area contributed by atoms with Crippen molar-refractivity contribution in [2.45, 2.75) is 97.4 Å². The highest BCUT2D eigenvalue weighted by molar-refractivity contribution is 8.00. The van der Waals surface area contributed by atoms with E-state index in [0.29, 0.717) is 27.4 Å². The third-order valence-corrected chi connectivity index (χ3v) is 7.80. The van der Waals surface area contributed by atoms with E-state index in [2.05, 4.69) is 15.0 Å². The highest BCUT2D eigenvalue weighted by Gasteiger charge is 2.41. The van der Waals surface area contributed by atoms with Crippen molar-refractivity contribution in [3.63, 3.8) is 0 Å². The first kappa shape index (κ1) is 31.2. The molecule has 3 aromatic heterocycles. The topological polar surface area (TPSA) is 139 Å². The van der Waals surface area contributed by atoms with Crippen molar-refractivity contribution in [1.82, 2.24) is 29.6 Å². The summed E-state index contributed by atoms with van der Waals surface area (Å²) in [5.74, 6) is 0.856. The number of rotatable bonds is 4. The van der Waals surface area contributed by atoms with Crippen LogP contribution in [0.1, 0.15) is 77.9 Å². The largest absolute Gasteiger partial charge is 0.496 e. The third kappa shape index (κ3) is 5.92. The summed E-state index contributed by atoms with van der Waals surface area (Å²) in [5.41, 5.74) is 0.635. The van der Waals surface area contributed by atoms with Crippen molar-refractivity contribution in [3.8, 4) is 11.8 Å². The Labute approximate surface area is 249 Å². The minimum Gasteiger partial charge on any atom is -0.496 e. The molecule has 4 rings (SSSR count). The fourth-order valence-electron chi connectivity index (χ4n) is 4.59. The van der Waals surface area contributed by atoms with Crippen molar-refractivity contribution < 1.29 is 28.6 Å². The number of pyridine rings is 1. The summed E-state index contributed by atoms with van der Waals surface area (Å²) in [6, 6.07) is -0.279. The Bertz CT molecular complexity index is 1580. The van der Waals surface area contributed by atoms with Gasteiger partial charge in [-0.3, -0.25) is 9.78 Å². The van der Waals surface area contributed by atoms with E-state index in [1.54, 1.807) is 59.5 Å². The number of carbonyl (C=O) groups is 3. The summed E-state index contributed by atoms with van der Waals surface area (Å²) < 4.78 is 18.3. The normalized spacial score (nSPS) is 14.9. The first-order chi connectivity index (χ1) is 19.3. The molecule has 0 bridgehead atoms. The second-order valence-electron chi connectivity index (χ2n) is 12.8. The van der Waals surface area contributed by atoms with Gasteiger partial charge in [-0.05, 0) is 69.2 Å². The van der Waals surface area contributed by atoms with Crippen LogP contribution in [0.5, 0.6) is 11.8 Å². The lowest BCUT2D eigenvalue weighted by Gasteiger charge is -2.33. The second-order valence-corrected chi connectivity index (χ2v) is 13.7. The number of hydrogen-bond acceptors (Lipinski definition) is 11. The van der Waals surface area contributed by atoms with Crippen LogP contribution in [0.2, 0.25) is 0 Å². The van der Waals surface area contributed by atoms with Crippen molar-refractivity contribution in [1.29, 1.82) is 0 Å². The van der Waals surface area contributed by atoms with Crippen molar-refractivity contribution in [2.75, 3.05) is 12.9 Å². The summed E-state index contributed by atoms with van der Waals surface area (Å²) in [4.78, 5) is 54.1. The molecule has 1 aliphatic rings. The number of ketones is 1. The molecule has 0 N–H and O–H groups in total. The van der Waals surface area contributed by atoms with Gasteiger partial charge in [-0.25, -0.2) is 19.2 Å².